The van der Waals surface area contributed by atoms with Crippen LogP contribution < -0.4 is 0 Å². The first-order chi connectivity index (χ1) is 11.7. The Balaban J connectivity index is 1.54. The molecule has 1 aromatic carbocycles. The first-order valence-corrected chi connectivity index (χ1v) is 9.73. The molecule has 0 N–H and O–H groups in total. The molecule has 128 valence electrons. The smallest absolute Gasteiger partial charge is 0.240 e. The predicted octanol–water partition coefficient (Wildman–Crippen LogP) is 2.96. The second-order valence-corrected chi connectivity index (χ2v) is 7.11. The van der Waals surface area contributed by atoms with Gasteiger partial charge in [-0.25, -0.2) is 0 Å². The molecule has 1 aliphatic heterocycles. The highest BCUT2D eigenvalue weighted by Gasteiger charge is 2.26. The van der Waals surface area contributed by atoms with E-state index in [-0.39, 0.29) is 5.92 Å². The van der Waals surface area contributed by atoms with E-state index in [0.717, 1.165) is 43.1 Å². The van der Waals surface area contributed by atoms with Crippen LogP contribution in [-0.4, -0.2) is 40.2 Å². The molecule has 1 saturated heterocycles. The molecule has 24 heavy (non-hydrogen) atoms. The number of thioether (sulfide) groups is 1. The minimum atomic E-state index is 0.104. The van der Waals surface area contributed by atoms with Crippen molar-refractivity contribution in [3.63, 3.8) is 0 Å². The zero-order valence-corrected chi connectivity index (χ0v) is 14.8. The third-order valence-corrected chi connectivity index (χ3v) is 4.87. The van der Waals surface area contributed by atoms with Gasteiger partial charge in [-0.05, 0) is 31.2 Å². The average Bonchev–Trinajstić information content (AvgIpc) is 3.03. The van der Waals surface area contributed by atoms with Gasteiger partial charge in [-0.2, -0.15) is 16.7 Å². The summed E-state index contributed by atoms with van der Waals surface area (Å²) >= 11 is 1.68. The number of carbonyl (C=O) groups is 1. The van der Waals surface area contributed by atoms with Crippen LogP contribution in [0.1, 0.15) is 30.1 Å². The van der Waals surface area contributed by atoms with E-state index < -0.39 is 0 Å². The maximum absolute atomic E-state index is 12.6. The van der Waals surface area contributed by atoms with Crippen molar-refractivity contribution in [3.8, 4) is 0 Å². The summed E-state index contributed by atoms with van der Waals surface area (Å²) in [5.41, 5.74) is 1.10. The van der Waals surface area contributed by atoms with Gasteiger partial charge >= 0.3 is 0 Å². The topological polar surface area (TPSA) is 59.2 Å². The molecule has 5 nitrogen and oxygen atoms in total. The lowest BCUT2D eigenvalue weighted by molar-refractivity contribution is -0.124. The van der Waals surface area contributed by atoms with Gasteiger partial charge in [-0.15, -0.1) is 0 Å². The molecule has 1 atom stereocenters. The largest absolute Gasteiger partial charge is 0.338 e. The predicted molar refractivity (Wildman–Crippen MR) is 94.7 cm³/mol. The number of hydrogen-bond donors (Lipinski definition) is 0. The fourth-order valence-corrected chi connectivity index (χ4v) is 3.51. The van der Waals surface area contributed by atoms with Crippen molar-refractivity contribution in [2.75, 3.05) is 19.3 Å². The zero-order valence-electron chi connectivity index (χ0n) is 14.0. The number of Topliss-reactive ketones (excluding diaryl/α,β-unsaturated/α-hetero) is 1. The molecule has 1 aliphatic rings. The molecule has 3 rings (SSSR count). The van der Waals surface area contributed by atoms with Crippen molar-refractivity contribution in [1.82, 2.24) is 15.0 Å². The van der Waals surface area contributed by atoms with Crippen LogP contribution >= 0.6 is 11.8 Å². The standard InChI is InChI=1S/C18H23N3O2S/c1-24-13-17-19-18(23-20-17)12-21-9-5-8-15(11-21)16(22)10-14-6-3-2-4-7-14/h2-4,6-7,15H,5,8-13H2,1H3/t15-/m1/s1. The maximum atomic E-state index is 12.6. The molecule has 0 amide bonds. The molecule has 2 aromatic rings. The molecule has 0 aliphatic carbocycles. The van der Waals surface area contributed by atoms with E-state index in [2.05, 4.69) is 15.0 Å². The molecule has 0 bridgehead atoms. The molecular weight excluding hydrogens is 322 g/mol. The van der Waals surface area contributed by atoms with Gasteiger partial charge in [0.1, 0.15) is 5.78 Å². The summed E-state index contributed by atoms with van der Waals surface area (Å²) in [4.78, 5) is 19.2. The normalized spacial score (nSPS) is 18.6. The molecule has 0 spiro atoms. The third kappa shape index (κ3) is 4.68. The Bertz CT molecular complexity index is 659. The van der Waals surface area contributed by atoms with Gasteiger partial charge in [0.25, 0.3) is 0 Å². The lowest BCUT2D eigenvalue weighted by Crippen LogP contribution is -2.38. The molecule has 1 fully saturated rings. The van der Waals surface area contributed by atoms with Crippen LogP contribution in [0.15, 0.2) is 34.9 Å². The zero-order chi connectivity index (χ0) is 16.8. The van der Waals surface area contributed by atoms with Gasteiger partial charge in [0, 0.05) is 18.9 Å². The third-order valence-electron chi connectivity index (χ3n) is 4.32. The molecule has 0 saturated carbocycles. The van der Waals surface area contributed by atoms with Crippen LogP contribution in [0.25, 0.3) is 0 Å². The number of likely N-dealkylation sites (tertiary alicyclic amines) is 1. The first kappa shape index (κ1) is 17.2. The quantitative estimate of drug-likeness (QED) is 0.769. The Kier molecular flexibility index (Phi) is 6.04. The minimum absolute atomic E-state index is 0.104. The van der Waals surface area contributed by atoms with E-state index in [1.54, 1.807) is 11.8 Å². The van der Waals surface area contributed by atoms with Gasteiger partial charge < -0.3 is 4.52 Å². The highest BCUT2D eigenvalue weighted by Crippen LogP contribution is 2.21. The van der Waals surface area contributed by atoms with E-state index in [0.29, 0.717) is 24.6 Å². The van der Waals surface area contributed by atoms with Crippen molar-refractivity contribution >= 4 is 17.5 Å². The number of carbonyl (C=O) groups excluding carboxylic acids is 1. The molecule has 2 heterocycles. The van der Waals surface area contributed by atoms with Crippen LogP contribution in [0.3, 0.4) is 0 Å². The van der Waals surface area contributed by atoms with E-state index in [4.69, 9.17) is 4.52 Å². The van der Waals surface area contributed by atoms with Gasteiger partial charge in [0.2, 0.25) is 5.89 Å². The molecule has 1 aromatic heterocycles. The van der Waals surface area contributed by atoms with Gasteiger partial charge in [0.15, 0.2) is 5.82 Å². The Morgan fingerprint density at radius 2 is 2.21 bits per heavy atom. The molecule has 0 radical (unpaired) electrons. The second kappa shape index (κ2) is 8.44. The molecule has 6 heteroatoms. The fraction of sp³-hybridized carbons (Fsp3) is 0.500. The lowest BCUT2D eigenvalue weighted by Gasteiger charge is -2.30. The number of hydrogen-bond acceptors (Lipinski definition) is 6. The Labute approximate surface area is 146 Å². The fourth-order valence-electron chi connectivity index (χ4n) is 3.14. The average molecular weight is 345 g/mol. The summed E-state index contributed by atoms with van der Waals surface area (Å²) in [5.74, 6) is 2.59. The number of aromatic nitrogens is 2. The summed E-state index contributed by atoms with van der Waals surface area (Å²) in [6.45, 7) is 2.40. The second-order valence-electron chi connectivity index (χ2n) is 6.24. The number of nitrogens with zero attached hydrogens (tertiary/aromatic N) is 3. The Morgan fingerprint density at radius 1 is 1.38 bits per heavy atom. The number of piperidine rings is 1. The summed E-state index contributed by atoms with van der Waals surface area (Å²) in [5, 5.41) is 3.98. The molecular formula is C18H23N3O2S. The van der Waals surface area contributed by atoms with Crippen molar-refractivity contribution in [2.45, 2.75) is 31.6 Å². The summed E-state index contributed by atoms with van der Waals surface area (Å²) in [7, 11) is 0. The van der Waals surface area contributed by atoms with Crippen molar-refractivity contribution in [3.05, 3.63) is 47.6 Å². The maximum Gasteiger partial charge on any atom is 0.240 e. The van der Waals surface area contributed by atoms with Gasteiger partial charge in [-0.1, -0.05) is 35.5 Å². The summed E-state index contributed by atoms with van der Waals surface area (Å²) < 4.78 is 5.31. The van der Waals surface area contributed by atoms with Crippen molar-refractivity contribution in [1.29, 1.82) is 0 Å². The van der Waals surface area contributed by atoms with Crippen LogP contribution in [0.2, 0.25) is 0 Å². The van der Waals surface area contributed by atoms with Crippen LogP contribution in [0, 0.1) is 5.92 Å². The monoisotopic (exact) mass is 345 g/mol. The first-order valence-electron chi connectivity index (χ1n) is 8.34. The number of benzene rings is 1. The highest BCUT2D eigenvalue weighted by atomic mass is 32.2. The summed E-state index contributed by atoms with van der Waals surface area (Å²) in [6.07, 6.45) is 4.56. The van der Waals surface area contributed by atoms with Crippen LogP contribution in [-0.2, 0) is 23.5 Å². The van der Waals surface area contributed by atoms with Crippen LogP contribution in [0.4, 0.5) is 0 Å². The number of ketones is 1. The van der Waals surface area contributed by atoms with E-state index in [9.17, 15) is 4.79 Å². The SMILES string of the molecule is CSCc1noc(CN2CCC[C@@H](C(=O)Cc3ccccc3)C2)n1. The van der Waals surface area contributed by atoms with Gasteiger partial charge in [0.05, 0.1) is 12.3 Å². The minimum Gasteiger partial charge on any atom is -0.338 e. The Hall–Kier alpha value is -1.66. The highest BCUT2D eigenvalue weighted by molar-refractivity contribution is 7.97. The molecule has 0 unspecified atom stereocenters. The summed E-state index contributed by atoms with van der Waals surface area (Å²) in [6, 6.07) is 9.98. The lowest BCUT2D eigenvalue weighted by atomic mass is 9.90. The van der Waals surface area contributed by atoms with Crippen molar-refractivity contribution < 1.29 is 9.32 Å². The Morgan fingerprint density at radius 3 is 3.00 bits per heavy atom. The van der Waals surface area contributed by atoms with Crippen LogP contribution in [0.5, 0.6) is 0 Å². The van der Waals surface area contributed by atoms with E-state index in [1.165, 1.54) is 0 Å². The van der Waals surface area contributed by atoms with E-state index in [1.807, 2.05) is 36.6 Å². The van der Waals surface area contributed by atoms with E-state index >= 15 is 0 Å². The van der Waals surface area contributed by atoms with Gasteiger partial charge in [-0.3, -0.25) is 9.69 Å². The number of rotatable bonds is 7. The van der Waals surface area contributed by atoms with Crippen molar-refractivity contribution in [2.24, 2.45) is 5.92 Å².